The van der Waals surface area contributed by atoms with Crippen LogP contribution in [0.2, 0.25) is 0 Å². The maximum atomic E-state index is 13.6. The largest absolute Gasteiger partial charge is 0.482 e. The number of allylic oxidation sites excluding steroid dienone is 1. The average molecular weight is 449 g/mol. The fourth-order valence-corrected chi connectivity index (χ4v) is 4.98. The number of hydrogen-bond donors (Lipinski definition) is 2. The highest BCUT2D eigenvalue weighted by Gasteiger charge is 2.38. The Bertz CT molecular complexity index is 1140. The van der Waals surface area contributed by atoms with Crippen molar-refractivity contribution in [2.75, 3.05) is 25.0 Å². The fourth-order valence-electron chi connectivity index (χ4n) is 4.98. The van der Waals surface area contributed by atoms with Gasteiger partial charge in [-0.1, -0.05) is 24.3 Å². The molecule has 2 aromatic rings. The van der Waals surface area contributed by atoms with E-state index >= 15 is 0 Å². The molecule has 0 radical (unpaired) electrons. The van der Waals surface area contributed by atoms with Gasteiger partial charge in [-0.3, -0.25) is 9.69 Å². The van der Waals surface area contributed by atoms with E-state index in [1.807, 2.05) is 19.9 Å². The number of benzene rings is 2. The van der Waals surface area contributed by atoms with Gasteiger partial charge in [-0.15, -0.1) is 0 Å². The van der Waals surface area contributed by atoms with Crippen molar-refractivity contribution in [3.05, 3.63) is 76.8 Å². The highest BCUT2D eigenvalue weighted by molar-refractivity contribution is 6.32. The Kier molecular flexibility index (Phi) is 5.59. The van der Waals surface area contributed by atoms with Gasteiger partial charge < -0.3 is 15.2 Å². The van der Waals surface area contributed by atoms with Crippen LogP contribution < -0.4 is 5.32 Å². The van der Waals surface area contributed by atoms with Gasteiger partial charge in [0.05, 0.1) is 11.3 Å². The number of rotatable bonds is 4. The number of carbonyl (C=O) groups excluding carboxylic acids is 1. The molecule has 0 saturated carbocycles. The van der Waals surface area contributed by atoms with Crippen LogP contribution in [0.15, 0.2) is 54.3 Å². The number of likely N-dealkylation sites (tertiary alicyclic amines) is 1. The number of nitrogens with zero attached hydrogens (tertiary/aromatic N) is 1. The maximum Gasteiger partial charge on any atom is 0.260 e. The maximum absolute atomic E-state index is 13.6. The molecule has 2 N–H and O–H groups in total. The molecule has 0 atom stereocenters. The molecule has 5 nitrogen and oxygen atoms in total. The number of amides is 1. The van der Waals surface area contributed by atoms with E-state index < -0.39 is 5.60 Å². The Hall–Kier alpha value is -2.96. The topological polar surface area (TPSA) is 61.8 Å². The Morgan fingerprint density at radius 2 is 1.88 bits per heavy atom. The fraction of sp³-hybridized carbons (Fsp3) is 0.370. The summed E-state index contributed by atoms with van der Waals surface area (Å²) in [5.74, 6) is 0.284. The minimum Gasteiger partial charge on any atom is -0.482 e. The van der Waals surface area contributed by atoms with E-state index in [9.17, 15) is 14.3 Å². The van der Waals surface area contributed by atoms with E-state index in [0.717, 1.165) is 43.6 Å². The van der Waals surface area contributed by atoms with E-state index in [0.29, 0.717) is 28.5 Å². The van der Waals surface area contributed by atoms with Crippen LogP contribution in [0.3, 0.4) is 0 Å². The van der Waals surface area contributed by atoms with Gasteiger partial charge in [-0.25, -0.2) is 4.39 Å². The SMILES string of the molecule is CC1(C)O/C(=C2/C(=O)Nc3cc(F)ccc32)C=C1c1ccc(CN2CCC(CO)CC2)cc1. The molecule has 2 aromatic carbocycles. The lowest BCUT2D eigenvalue weighted by Crippen LogP contribution is -2.34. The van der Waals surface area contributed by atoms with Gasteiger partial charge in [-0.05, 0) is 81.1 Å². The highest BCUT2D eigenvalue weighted by atomic mass is 19.1. The van der Waals surface area contributed by atoms with E-state index in [1.165, 1.54) is 17.7 Å². The molecule has 0 bridgehead atoms. The smallest absolute Gasteiger partial charge is 0.260 e. The lowest BCUT2D eigenvalue weighted by Gasteiger charge is -2.31. The number of hydrogen-bond acceptors (Lipinski definition) is 4. The molecular formula is C27H29FN2O3. The Balaban J connectivity index is 1.39. The molecule has 0 aliphatic carbocycles. The lowest BCUT2D eigenvalue weighted by molar-refractivity contribution is -0.111. The van der Waals surface area contributed by atoms with Crippen LogP contribution in [0.4, 0.5) is 10.1 Å². The van der Waals surface area contributed by atoms with Crippen LogP contribution in [0.1, 0.15) is 43.4 Å². The molecule has 3 heterocycles. The molecule has 1 fully saturated rings. The van der Waals surface area contributed by atoms with E-state index in [2.05, 4.69) is 34.5 Å². The average Bonchev–Trinajstić information content (AvgIpc) is 3.28. The third-order valence-corrected chi connectivity index (χ3v) is 6.90. The predicted octanol–water partition coefficient (Wildman–Crippen LogP) is 4.59. The second kappa shape index (κ2) is 8.43. The van der Waals surface area contributed by atoms with Crippen molar-refractivity contribution >= 4 is 22.7 Å². The number of carbonyl (C=O) groups is 1. The minimum absolute atomic E-state index is 0.279. The number of halogens is 1. The van der Waals surface area contributed by atoms with E-state index in [4.69, 9.17) is 4.74 Å². The number of anilines is 1. The number of nitrogens with one attached hydrogen (secondary N) is 1. The van der Waals surface area contributed by atoms with Crippen LogP contribution >= 0.6 is 0 Å². The molecule has 0 aromatic heterocycles. The lowest BCUT2D eigenvalue weighted by atomic mass is 9.91. The predicted molar refractivity (Wildman–Crippen MR) is 127 cm³/mol. The number of fused-ring (bicyclic) bond motifs is 1. The van der Waals surface area contributed by atoms with Crippen molar-refractivity contribution < 1.29 is 19.0 Å². The second-order valence-corrected chi connectivity index (χ2v) is 9.65. The van der Waals surface area contributed by atoms with Gasteiger partial charge in [0.25, 0.3) is 5.91 Å². The van der Waals surface area contributed by atoms with Crippen LogP contribution in [-0.2, 0) is 16.1 Å². The summed E-state index contributed by atoms with van der Waals surface area (Å²) < 4.78 is 19.8. The van der Waals surface area contributed by atoms with Crippen molar-refractivity contribution in [3.63, 3.8) is 0 Å². The van der Waals surface area contributed by atoms with Crippen LogP contribution in [0.5, 0.6) is 0 Å². The third-order valence-electron chi connectivity index (χ3n) is 6.90. The van der Waals surface area contributed by atoms with Crippen LogP contribution in [0, 0.1) is 11.7 Å². The molecule has 3 aliphatic rings. The molecule has 3 aliphatic heterocycles. The van der Waals surface area contributed by atoms with Crippen molar-refractivity contribution in [1.29, 1.82) is 0 Å². The third kappa shape index (κ3) is 4.21. The van der Waals surface area contributed by atoms with Gasteiger partial charge in [0, 0.05) is 24.3 Å². The summed E-state index contributed by atoms with van der Waals surface area (Å²) >= 11 is 0. The van der Waals surface area contributed by atoms with Crippen molar-refractivity contribution in [1.82, 2.24) is 4.90 Å². The zero-order valence-electron chi connectivity index (χ0n) is 19.0. The summed E-state index contributed by atoms with van der Waals surface area (Å²) in [5.41, 5.74) is 4.28. The first-order chi connectivity index (χ1) is 15.8. The molecule has 1 saturated heterocycles. The summed E-state index contributed by atoms with van der Waals surface area (Å²) in [7, 11) is 0. The summed E-state index contributed by atoms with van der Waals surface area (Å²) in [6, 6.07) is 12.8. The standard InChI is InChI=1S/C27H29FN2O3/c1-27(2)22(14-24(33-27)25-21-8-7-20(28)13-23(21)29-26(25)32)19-5-3-17(4-6-19)15-30-11-9-18(16-31)10-12-30/h3-8,13-14,18,31H,9-12,15-16H2,1-2H3,(H,29,32)/b25-24+. The minimum atomic E-state index is -0.598. The first-order valence-electron chi connectivity index (χ1n) is 11.5. The Morgan fingerprint density at radius 1 is 1.15 bits per heavy atom. The van der Waals surface area contributed by atoms with Gasteiger partial charge in [-0.2, -0.15) is 0 Å². The van der Waals surface area contributed by atoms with Crippen molar-refractivity contribution in [3.8, 4) is 0 Å². The van der Waals surface area contributed by atoms with Gasteiger partial charge in [0.15, 0.2) is 0 Å². The first kappa shape index (κ1) is 21.9. The van der Waals surface area contributed by atoms with E-state index in [-0.39, 0.29) is 18.3 Å². The first-order valence-corrected chi connectivity index (χ1v) is 11.5. The zero-order valence-corrected chi connectivity index (χ0v) is 19.0. The Labute approximate surface area is 193 Å². The summed E-state index contributed by atoms with van der Waals surface area (Å²) in [6.07, 6.45) is 4.03. The quantitative estimate of drug-likeness (QED) is 0.672. The normalized spacial score (nSPS) is 22.7. The number of aliphatic hydroxyl groups excluding tert-OH is 1. The number of ether oxygens (including phenoxy) is 1. The number of piperidine rings is 1. The molecule has 1 amide bonds. The molecule has 0 unspecified atom stereocenters. The summed E-state index contributed by atoms with van der Waals surface area (Å²) in [5, 5.41) is 12.1. The van der Waals surface area contributed by atoms with Crippen LogP contribution in [-0.4, -0.2) is 41.2 Å². The monoisotopic (exact) mass is 448 g/mol. The summed E-state index contributed by atoms with van der Waals surface area (Å²) in [4.78, 5) is 15.1. The van der Waals surface area contributed by atoms with Crippen LogP contribution in [0.25, 0.3) is 11.1 Å². The molecule has 33 heavy (non-hydrogen) atoms. The zero-order chi connectivity index (χ0) is 23.2. The van der Waals surface area contributed by atoms with Crippen molar-refractivity contribution in [2.24, 2.45) is 5.92 Å². The second-order valence-electron chi connectivity index (χ2n) is 9.65. The summed E-state index contributed by atoms with van der Waals surface area (Å²) in [6.45, 7) is 7.21. The molecule has 172 valence electrons. The molecule has 5 rings (SSSR count). The van der Waals surface area contributed by atoms with Gasteiger partial charge in [0.1, 0.15) is 17.2 Å². The van der Waals surface area contributed by atoms with Gasteiger partial charge >= 0.3 is 0 Å². The van der Waals surface area contributed by atoms with Gasteiger partial charge in [0.2, 0.25) is 0 Å². The van der Waals surface area contributed by atoms with E-state index in [1.54, 1.807) is 6.07 Å². The van der Waals surface area contributed by atoms with Crippen molar-refractivity contribution in [2.45, 2.75) is 38.8 Å². The molecular weight excluding hydrogens is 419 g/mol. The number of aliphatic hydroxyl groups is 1. The Morgan fingerprint density at radius 3 is 2.58 bits per heavy atom. The highest BCUT2D eigenvalue weighted by Crippen LogP contribution is 2.44. The molecule has 0 spiro atoms. The molecule has 6 heteroatoms.